The van der Waals surface area contributed by atoms with Gasteiger partial charge in [0.15, 0.2) is 0 Å². The van der Waals surface area contributed by atoms with E-state index in [0.29, 0.717) is 6.07 Å². The molecule has 1 atom stereocenters. The lowest BCUT2D eigenvalue weighted by atomic mass is 10.3. The number of anilines is 1. The molecule has 0 radical (unpaired) electrons. The van der Waals surface area contributed by atoms with Crippen LogP contribution in [-0.2, 0) is 10.0 Å². The van der Waals surface area contributed by atoms with Crippen LogP contribution in [0.25, 0.3) is 0 Å². The molecule has 13 heteroatoms. The number of nitrogens with one attached hydrogen (secondary N) is 1. The smallest absolute Gasteiger partial charge is 0.429 e. The van der Waals surface area contributed by atoms with Crippen LogP contribution in [0.3, 0.4) is 0 Å². The predicted octanol–water partition coefficient (Wildman–Crippen LogP) is 4.95. The maximum Gasteiger partial charge on any atom is 0.450 e. The van der Waals surface area contributed by atoms with Gasteiger partial charge < -0.3 is 10.1 Å². The van der Waals surface area contributed by atoms with E-state index in [2.05, 4.69) is 20.7 Å². The number of nitrogens with zero attached hydrogens (tertiary/aromatic N) is 1. The van der Waals surface area contributed by atoms with Gasteiger partial charge in [0, 0.05) is 11.8 Å². The molecule has 0 saturated carbocycles. The Bertz CT molecular complexity index is 982. The lowest BCUT2D eigenvalue weighted by Crippen LogP contribution is -2.33. The van der Waals surface area contributed by atoms with Crippen LogP contribution in [0.2, 0.25) is 0 Å². The molecule has 158 valence electrons. The van der Waals surface area contributed by atoms with Crippen LogP contribution in [0.1, 0.15) is 0 Å². The topological polar surface area (TPSA) is 67.8 Å². The minimum absolute atomic E-state index is 0.489. The van der Waals surface area contributed by atoms with Crippen molar-refractivity contribution in [2.45, 2.75) is 22.8 Å². The number of hydrogen-bond donors (Lipinski definition) is 1. The number of benzene rings is 2. The summed E-state index contributed by atoms with van der Waals surface area (Å²) in [6, 6.07) is 9.69. The normalized spacial score (nSPS) is 14.4. The second-order valence-corrected chi connectivity index (χ2v) is 7.33. The van der Waals surface area contributed by atoms with Gasteiger partial charge in [0.2, 0.25) is 5.84 Å². The molecule has 2 rings (SSSR count). The molecule has 0 amide bonds. The molecule has 0 fully saturated rings. The monoisotopic (exact) mass is 460 g/mol. The van der Waals surface area contributed by atoms with Gasteiger partial charge in [-0.1, -0.05) is 35.9 Å². The Morgan fingerprint density at radius 3 is 2.21 bits per heavy atom. The van der Waals surface area contributed by atoms with E-state index in [4.69, 9.17) is 0 Å². The van der Waals surface area contributed by atoms with E-state index in [1.807, 2.05) is 0 Å². The van der Waals surface area contributed by atoms with Gasteiger partial charge in [0.1, 0.15) is 5.75 Å². The molecule has 0 aliphatic carbocycles. The molecule has 2 aromatic carbocycles. The van der Waals surface area contributed by atoms with Crippen molar-refractivity contribution in [2.75, 3.05) is 5.32 Å². The third-order valence-corrected chi connectivity index (χ3v) is 4.67. The second kappa shape index (κ2) is 8.49. The van der Waals surface area contributed by atoms with Gasteiger partial charge in [0.25, 0.3) is 15.7 Å². The molecule has 0 spiro atoms. The van der Waals surface area contributed by atoms with Crippen molar-refractivity contribution >= 4 is 33.1 Å². The quantitative estimate of drug-likeness (QED) is 0.286. The summed E-state index contributed by atoms with van der Waals surface area (Å²) < 4.78 is 110. The summed E-state index contributed by atoms with van der Waals surface area (Å²) in [7, 11) is -4.73. The van der Waals surface area contributed by atoms with Gasteiger partial charge in [-0.3, -0.25) is 0 Å². The second-order valence-electron chi connectivity index (χ2n) is 5.34. The molecule has 29 heavy (non-hydrogen) atoms. The van der Waals surface area contributed by atoms with Crippen LogP contribution in [0, 0.1) is 0 Å². The van der Waals surface area contributed by atoms with Crippen LogP contribution >= 0.6 is 11.6 Å². The Balaban J connectivity index is 2.36. The number of sulfonamides is 1. The number of hydrogen-bond acceptors (Lipinski definition) is 3. The molecule has 1 unspecified atom stereocenters. The lowest BCUT2D eigenvalue weighted by Gasteiger charge is -2.18. The first kappa shape index (κ1) is 22.8. The largest absolute Gasteiger partial charge is 0.450 e. The van der Waals surface area contributed by atoms with Gasteiger partial charge in [-0.25, -0.2) is 4.39 Å². The third kappa shape index (κ3) is 6.26. The minimum Gasteiger partial charge on any atom is -0.429 e. The first-order chi connectivity index (χ1) is 13.3. The van der Waals surface area contributed by atoms with E-state index in [1.165, 1.54) is 18.2 Å². The Labute approximate surface area is 166 Å². The van der Waals surface area contributed by atoms with Gasteiger partial charge >= 0.3 is 12.3 Å². The van der Waals surface area contributed by atoms with Crippen LogP contribution in [0.4, 0.5) is 32.0 Å². The fraction of sp³-hybridized carbons (Fsp3) is 0.188. The molecule has 0 bridgehead atoms. The molecule has 0 aromatic heterocycles. The fourth-order valence-corrected chi connectivity index (χ4v) is 2.93. The van der Waals surface area contributed by atoms with E-state index in [0.717, 1.165) is 30.3 Å². The Morgan fingerprint density at radius 2 is 1.66 bits per heavy atom. The molecule has 2 aromatic rings. The standard InChI is InChI=1S/C16H11ClF6N2O3S/c17-13(18)16(22,23)28-11-6-4-5-10(9-11)24-14(15(19,20)21)25-29(26,27)12-7-2-1-3-8-12/h1-9,13H,(H,24,25). The maximum absolute atomic E-state index is 13.3. The SMILES string of the molecule is O=S(=O)(/N=C(/Nc1cccc(OC(F)(F)C(F)Cl)c1)C(F)(F)F)c1ccccc1. The molecule has 5 nitrogen and oxygen atoms in total. The van der Waals surface area contributed by atoms with Gasteiger partial charge in [-0.05, 0) is 24.3 Å². The van der Waals surface area contributed by atoms with Crippen LogP contribution < -0.4 is 10.1 Å². The lowest BCUT2D eigenvalue weighted by molar-refractivity contribution is -0.199. The zero-order chi connectivity index (χ0) is 21.9. The summed E-state index contributed by atoms with van der Waals surface area (Å²) in [4.78, 5) is -0.489. The van der Waals surface area contributed by atoms with Crippen molar-refractivity contribution in [3.63, 3.8) is 0 Å². The van der Waals surface area contributed by atoms with Crippen molar-refractivity contribution in [1.82, 2.24) is 0 Å². The molecular formula is C16H11ClF6N2O3S. The van der Waals surface area contributed by atoms with Gasteiger partial charge in [0.05, 0.1) is 4.90 Å². The Kier molecular flexibility index (Phi) is 6.68. The number of halogens is 7. The summed E-state index contributed by atoms with van der Waals surface area (Å²) in [5, 5.41) is 1.69. The summed E-state index contributed by atoms with van der Waals surface area (Å²) in [5.41, 5.74) is -3.70. The van der Waals surface area contributed by atoms with Crippen LogP contribution in [0.5, 0.6) is 5.75 Å². The maximum atomic E-state index is 13.3. The molecule has 1 N–H and O–H groups in total. The van der Waals surface area contributed by atoms with Gasteiger partial charge in [-0.2, -0.15) is 30.4 Å². The van der Waals surface area contributed by atoms with Crippen molar-refractivity contribution in [3.05, 3.63) is 54.6 Å². The fourth-order valence-electron chi connectivity index (χ4n) is 1.89. The highest BCUT2D eigenvalue weighted by atomic mass is 35.5. The molecule has 0 aliphatic heterocycles. The third-order valence-electron chi connectivity index (χ3n) is 3.13. The highest BCUT2D eigenvalue weighted by molar-refractivity contribution is 7.90. The highest BCUT2D eigenvalue weighted by Crippen LogP contribution is 2.30. The average molecular weight is 461 g/mol. The number of rotatable bonds is 6. The highest BCUT2D eigenvalue weighted by Gasteiger charge is 2.42. The van der Waals surface area contributed by atoms with Crippen LogP contribution in [-0.4, -0.2) is 32.2 Å². The Morgan fingerprint density at radius 1 is 1.03 bits per heavy atom. The first-order valence-electron chi connectivity index (χ1n) is 7.50. The van der Waals surface area contributed by atoms with Crippen molar-refractivity contribution in [3.8, 4) is 5.75 Å². The van der Waals surface area contributed by atoms with E-state index in [9.17, 15) is 34.8 Å². The van der Waals surface area contributed by atoms with Crippen molar-refractivity contribution in [1.29, 1.82) is 0 Å². The van der Waals surface area contributed by atoms with Crippen molar-refractivity contribution in [2.24, 2.45) is 4.40 Å². The van der Waals surface area contributed by atoms with E-state index in [1.54, 1.807) is 5.32 Å². The van der Waals surface area contributed by atoms with E-state index < -0.39 is 50.1 Å². The predicted molar refractivity (Wildman–Crippen MR) is 93.5 cm³/mol. The van der Waals surface area contributed by atoms with E-state index in [-0.39, 0.29) is 0 Å². The molecule has 0 saturated heterocycles. The number of ether oxygens (including phenoxy) is 1. The molecule has 0 heterocycles. The summed E-state index contributed by atoms with van der Waals surface area (Å²) in [6.45, 7) is 0. The Hall–Kier alpha value is -2.47. The van der Waals surface area contributed by atoms with Gasteiger partial charge in [-0.15, -0.1) is 4.40 Å². The van der Waals surface area contributed by atoms with E-state index >= 15 is 0 Å². The summed E-state index contributed by atoms with van der Waals surface area (Å²) >= 11 is 4.64. The first-order valence-corrected chi connectivity index (χ1v) is 9.38. The minimum atomic E-state index is -5.23. The molecular weight excluding hydrogens is 450 g/mol. The number of amidine groups is 1. The zero-order valence-electron chi connectivity index (χ0n) is 14.0. The summed E-state index contributed by atoms with van der Waals surface area (Å²) in [5.74, 6) is -2.65. The molecule has 0 aliphatic rings. The van der Waals surface area contributed by atoms with Crippen molar-refractivity contribution < 1.29 is 39.5 Å². The zero-order valence-corrected chi connectivity index (χ0v) is 15.6. The average Bonchev–Trinajstić information content (AvgIpc) is 2.61. The number of alkyl halides is 7. The summed E-state index contributed by atoms with van der Waals surface area (Å²) in [6.07, 6.45) is -9.68. The van der Waals surface area contributed by atoms with Crippen LogP contribution in [0.15, 0.2) is 63.9 Å².